The molecule has 1 rings (SSSR count). The predicted molar refractivity (Wildman–Crippen MR) is 60.9 cm³/mol. The Hall–Kier alpha value is -1.50. The standard InChI is InChI=1S/C11H7F9O3S/c1-5(23-24(21,22)11(18,19)20)6-2-7(9(12,13)14)4-8(3-6)10(15,16)17/h2-5H,1H3. The highest BCUT2D eigenvalue weighted by Crippen LogP contribution is 2.38. The van der Waals surface area contributed by atoms with Crippen molar-refractivity contribution in [2.75, 3.05) is 0 Å². The van der Waals surface area contributed by atoms with E-state index in [0.717, 1.165) is 0 Å². The van der Waals surface area contributed by atoms with Crippen LogP contribution in [0.2, 0.25) is 0 Å². The summed E-state index contributed by atoms with van der Waals surface area (Å²) >= 11 is 0. The zero-order valence-electron chi connectivity index (χ0n) is 11.3. The van der Waals surface area contributed by atoms with Crippen molar-refractivity contribution < 1.29 is 52.1 Å². The van der Waals surface area contributed by atoms with Crippen molar-refractivity contribution in [3.05, 3.63) is 34.9 Å². The van der Waals surface area contributed by atoms with Crippen LogP contribution in [-0.4, -0.2) is 13.9 Å². The average Bonchev–Trinajstić information content (AvgIpc) is 2.34. The maximum Gasteiger partial charge on any atom is 0.523 e. The van der Waals surface area contributed by atoms with E-state index < -0.39 is 50.8 Å². The summed E-state index contributed by atoms with van der Waals surface area (Å²) in [5.41, 5.74) is -10.5. The van der Waals surface area contributed by atoms with Gasteiger partial charge >= 0.3 is 28.0 Å². The van der Waals surface area contributed by atoms with Crippen LogP contribution in [0, 0.1) is 0 Å². The third kappa shape index (κ3) is 4.75. The van der Waals surface area contributed by atoms with E-state index in [2.05, 4.69) is 4.18 Å². The number of hydrogen-bond donors (Lipinski definition) is 0. The summed E-state index contributed by atoms with van der Waals surface area (Å²) in [5, 5.41) is 0. The number of alkyl halides is 9. The Morgan fingerprint density at radius 1 is 0.833 bits per heavy atom. The van der Waals surface area contributed by atoms with E-state index in [0.29, 0.717) is 6.92 Å². The largest absolute Gasteiger partial charge is 0.523 e. The topological polar surface area (TPSA) is 43.4 Å². The third-order valence-corrected chi connectivity index (χ3v) is 3.74. The second-order valence-electron chi connectivity index (χ2n) is 4.48. The monoisotopic (exact) mass is 390 g/mol. The van der Waals surface area contributed by atoms with Crippen LogP contribution >= 0.6 is 0 Å². The van der Waals surface area contributed by atoms with Crippen LogP contribution in [0.15, 0.2) is 18.2 Å². The molecule has 0 fully saturated rings. The van der Waals surface area contributed by atoms with Gasteiger partial charge in [-0.05, 0) is 30.7 Å². The molecule has 1 atom stereocenters. The number of rotatable bonds is 3. The normalized spacial score (nSPS) is 15.4. The summed E-state index contributed by atoms with van der Waals surface area (Å²) < 4.78 is 137. The lowest BCUT2D eigenvalue weighted by molar-refractivity contribution is -0.143. The van der Waals surface area contributed by atoms with Crippen molar-refractivity contribution in [1.29, 1.82) is 0 Å². The fraction of sp³-hybridized carbons (Fsp3) is 0.455. The van der Waals surface area contributed by atoms with Crippen LogP contribution in [-0.2, 0) is 26.7 Å². The van der Waals surface area contributed by atoms with E-state index in [-0.39, 0.29) is 18.2 Å². The van der Waals surface area contributed by atoms with Gasteiger partial charge in [0.2, 0.25) is 0 Å². The molecule has 0 aliphatic carbocycles. The molecule has 1 aromatic carbocycles. The molecule has 0 aliphatic heterocycles. The molecule has 138 valence electrons. The lowest BCUT2D eigenvalue weighted by Crippen LogP contribution is -2.26. The molecule has 24 heavy (non-hydrogen) atoms. The van der Waals surface area contributed by atoms with Crippen LogP contribution in [0.4, 0.5) is 39.5 Å². The lowest BCUT2D eigenvalue weighted by atomic mass is 10.0. The smallest absolute Gasteiger partial charge is 0.255 e. The molecule has 0 aliphatic rings. The highest BCUT2D eigenvalue weighted by molar-refractivity contribution is 7.87. The van der Waals surface area contributed by atoms with E-state index in [4.69, 9.17) is 0 Å². The van der Waals surface area contributed by atoms with Gasteiger partial charge in [-0.15, -0.1) is 0 Å². The molecular formula is C11H7F9O3S. The Labute approximate surface area is 129 Å². The minimum Gasteiger partial charge on any atom is -0.255 e. The van der Waals surface area contributed by atoms with Gasteiger partial charge in [0.1, 0.15) is 0 Å². The maximum absolute atomic E-state index is 12.6. The average molecular weight is 390 g/mol. The summed E-state index contributed by atoms with van der Waals surface area (Å²) in [5.74, 6) is 0. The second-order valence-corrected chi connectivity index (χ2v) is 6.04. The van der Waals surface area contributed by atoms with Gasteiger partial charge in [0, 0.05) is 0 Å². The molecule has 1 aromatic rings. The van der Waals surface area contributed by atoms with Gasteiger partial charge in [0.15, 0.2) is 0 Å². The molecule has 0 amide bonds. The van der Waals surface area contributed by atoms with Crippen LogP contribution in [0.3, 0.4) is 0 Å². The molecule has 0 bridgehead atoms. The van der Waals surface area contributed by atoms with Gasteiger partial charge in [-0.3, -0.25) is 4.18 Å². The molecule has 0 heterocycles. The van der Waals surface area contributed by atoms with E-state index in [1.807, 2.05) is 0 Å². The SMILES string of the molecule is CC(OS(=O)(=O)C(F)(F)F)c1cc(C(F)(F)F)cc(C(F)(F)F)c1. The Morgan fingerprint density at radius 2 is 1.21 bits per heavy atom. The molecule has 0 aromatic heterocycles. The Kier molecular flexibility index (Phi) is 5.22. The van der Waals surface area contributed by atoms with Gasteiger partial charge in [-0.25, -0.2) is 0 Å². The first-order chi connectivity index (χ1) is 10.4. The zero-order valence-corrected chi connectivity index (χ0v) is 12.2. The molecule has 0 radical (unpaired) electrons. The summed E-state index contributed by atoms with van der Waals surface area (Å²) in [6, 6.07) is -0.105. The number of halogens is 9. The first-order valence-electron chi connectivity index (χ1n) is 5.74. The van der Waals surface area contributed by atoms with Crippen LogP contribution in [0.1, 0.15) is 29.7 Å². The van der Waals surface area contributed by atoms with Crippen LogP contribution < -0.4 is 0 Å². The number of benzene rings is 1. The summed E-state index contributed by atoms with van der Waals surface area (Å²) in [6.45, 7) is 0.568. The molecular weight excluding hydrogens is 383 g/mol. The van der Waals surface area contributed by atoms with E-state index in [1.165, 1.54) is 0 Å². The van der Waals surface area contributed by atoms with E-state index in [9.17, 15) is 47.9 Å². The Bertz CT molecular complexity index is 669. The van der Waals surface area contributed by atoms with Crippen LogP contribution in [0.25, 0.3) is 0 Å². The van der Waals surface area contributed by atoms with Crippen molar-refractivity contribution in [1.82, 2.24) is 0 Å². The van der Waals surface area contributed by atoms with Crippen molar-refractivity contribution in [3.63, 3.8) is 0 Å². The van der Waals surface area contributed by atoms with Gasteiger partial charge in [-0.1, -0.05) is 0 Å². The predicted octanol–water partition coefficient (Wildman–Crippen LogP) is 4.65. The van der Waals surface area contributed by atoms with Crippen molar-refractivity contribution in [2.24, 2.45) is 0 Å². The fourth-order valence-electron chi connectivity index (χ4n) is 1.51. The highest BCUT2D eigenvalue weighted by atomic mass is 32.2. The Morgan fingerprint density at radius 3 is 1.50 bits per heavy atom. The molecule has 1 unspecified atom stereocenters. The molecule has 0 N–H and O–H groups in total. The molecule has 0 saturated heterocycles. The van der Waals surface area contributed by atoms with Crippen LogP contribution in [0.5, 0.6) is 0 Å². The summed E-state index contributed by atoms with van der Waals surface area (Å²) in [6.07, 6.45) is -12.7. The first kappa shape index (κ1) is 20.5. The minimum absolute atomic E-state index is 0.0752. The van der Waals surface area contributed by atoms with Gasteiger partial charge < -0.3 is 0 Å². The molecule has 0 saturated carbocycles. The summed E-state index contributed by atoms with van der Waals surface area (Å²) in [7, 11) is -6.20. The van der Waals surface area contributed by atoms with E-state index in [1.54, 1.807) is 0 Å². The summed E-state index contributed by atoms with van der Waals surface area (Å²) in [4.78, 5) is 0. The van der Waals surface area contributed by atoms with Crippen molar-refractivity contribution in [3.8, 4) is 0 Å². The fourth-order valence-corrected chi connectivity index (χ4v) is 2.11. The van der Waals surface area contributed by atoms with E-state index >= 15 is 0 Å². The molecule has 13 heteroatoms. The lowest BCUT2D eigenvalue weighted by Gasteiger charge is -2.18. The quantitative estimate of drug-likeness (QED) is 0.429. The zero-order chi connectivity index (χ0) is 19.1. The first-order valence-corrected chi connectivity index (χ1v) is 7.15. The Balaban J connectivity index is 3.38. The maximum atomic E-state index is 12.6. The van der Waals surface area contributed by atoms with Gasteiger partial charge in [0.05, 0.1) is 17.2 Å². The number of hydrogen-bond acceptors (Lipinski definition) is 3. The van der Waals surface area contributed by atoms with Crippen molar-refractivity contribution >= 4 is 10.1 Å². The van der Waals surface area contributed by atoms with Gasteiger partial charge in [-0.2, -0.15) is 47.9 Å². The second kappa shape index (κ2) is 6.10. The highest BCUT2D eigenvalue weighted by Gasteiger charge is 2.48. The molecule has 3 nitrogen and oxygen atoms in total. The third-order valence-electron chi connectivity index (χ3n) is 2.63. The van der Waals surface area contributed by atoms with Crippen molar-refractivity contribution in [2.45, 2.75) is 30.9 Å². The van der Waals surface area contributed by atoms with Gasteiger partial charge in [0.25, 0.3) is 0 Å². The minimum atomic E-state index is -6.20. The molecule has 0 spiro atoms.